The van der Waals surface area contributed by atoms with Crippen LogP contribution in [-0.4, -0.2) is 31.0 Å². The largest absolute Gasteiger partial charge is 0.388 e. The van der Waals surface area contributed by atoms with Crippen molar-refractivity contribution in [1.29, 1.82) is 0 Å². The van der Waals surface area contributed by atoms with E-state index in [2.05, 4.69) is 28.2 Å². The van der Waals surface area contributed by atoms with Gasteiger partial charge in [-0.3, -0.25) is 9.36 Å². The Bertz CT molecular complexity index is 1530. The Morgan fingerprint density at radius 1 is 1.12 bits per heavy atom. The van der Waals surface area contributed by atoms with Gasteiger partial charge in [0.05, 0.1) is 11.9 Å². The Hall–Kier alpha value is -3.42. The summed E-state index contributed by atoms with van der Waals surface area (Å²) in [4.78, 5) is 29.8. The minimum Gasteiger partial charge on any atom is -0.388 e. The van der Waals surface area contributed by atoms with E-state index in [0.29, 0.717) is 27.0 Å². The number of thiophene rings is 1. The molecule has 9 nitrogen and oxygen atoms in total. The molecule has 3 heterocycles. The number of nitrogens with one attached hydrogen (secondary N) is 3. The number of nitrogens with zero attached hydrogens (tertiary/aromatic N) is 2. The Labute approximate surface area is 196 Å². The van der Waals surface area contributed by atoms with Crippen molar-refractivity contribution < 1.29 is 17.6 Å². The molecule has 0 unspecified atom stereocenters. The highest BCUT2D eigenvalue weighted by Gasteiger charge is 2.20. The lowest BCUT2D eigenvalue weighted by Gasteiger charge is -2.11. The number of rotatable bonds is 5. The maximum atomic E-state index is 13.1. The molecule has 13 heteroatoms. The van der Waals surface area contributed by atoms with Gasteiger partial charge >= 0.3 is 6.03 Å². The van der Waals surface area contributed by atoms with Crippen LogP contribution in [0.4, 0.5) is 20.6 Å². The molecule has 0 saturated carbocycles. The summed E-state index contributed by atoms with van der Waals surface area (Å²) in [7, 11) is -2.43. The molecule has 33 heavy (non-hydrogen) atoms. The van der Waals surface area contributed by atoms with Crippen LogP contribution >= 0.6 is 24.0 Å². The van der Waals surface area contributed by atoms with Crippen LogP contribution in [0.2, 0.25) is 0 Å². The monoisotopic (exact) mass is 505 g/mol. The molecule has 170 valence electrons. The molecule has 0 atom stereocenters. The van der Waals surface area contributed by atoms with Crippen molar-refractivity contribution in [3.8, 4) is 5.82 Å². The number of anilines is 2. The molecule has 2 amide bonds. The van der Waals surface area contributed by atoms with Crippen molar-refractivity contribution in [2.45, 2.75) is 9.10 Å². The smallest absolute Gasteiger partial charge is 0.333 e. The van der Waals surface area contributed by atoms with E-state index >= 15 is 0 Å². The molecular weight excluding hydrogens is 489 g/mol. The van der Waals surface area contributed by atoms with Gasteiger partial charge in [-0.15, -0.1) is 12.6 Å². The lowest BCUT2D eigenvalue weighted by Crippen LogP contribution is -2.34. The number of amides is 2. The highest BCUT2D eigenvalue weighted by Crippen LogP contribution is 2.24. The Kier molecular flexibility index (Phi) is 6.10. The molecule has 0 aliphatic heterocycles. The molecule has 0 aliphatic rings. The minimum atomic E-state index is -4.21. The lowest BCUT2D eigenvalue weighted by molar-refractivity contribution is 0.256. The van der Waals surface area contributed by atoms with Gasteiger partial charge in [0.15, 0.2) is 5.13 Å². The molecule has 0 saturated heterocycles. The summed E-state index contributed by atoms with van der Waals surface area (Å²) in [6.07, 6.45) is 2.81. The molecule has 0 bridgehead atoms. The summed E-state index contributed by atoms with van der Waals surface area (Å²) < 4.78 is 40.1. The van der Waals surface area contributed by atoms with Crippen molar-refractivity contribution in [1.82, 2.24) is 14.3 Å². The van der Waals surface area contributed by atoms with Gasteiger partial charge in [0.2, 0.25) is 0 Å². The number of urea groups is 1. The van der Waals surface area contributed by atoms with E-state index in [4.69, 9.17) is 0 Å². The minimum absolute atomic E-state index is 0.183. The first kappa shape index (κ1) is 22.8. The van der Waals surface area contributed by atoms with Crippen LogP contribution in [0, 0.1) is 5.13 Å². The molecule has 4 aromatic rings. The molecule has 1 aromatic carbocycles. The second kappa shape index (κ2) is 8.84. The van der Waals surface area contributed by atoms with Gasteiger partial charge in [0, 0.05) is 34.6 Å². The first-order valence-electron chi connectivity index (χ1n) is 9.29. The molecule has 3 N–H and O–H groups in total. The van der Waals surface area contributed by atoms with Crippen LogP contribution in [0.15, 0.2) is 68.8 Å². The van der Waals surface area contributed by atoms with Crippen molar-refractivity contribution in [2.24, 2.45) is 0 Å². The van der Waals surface area contributed by atoms with Crippen LogP contribution in [0.5, 0.6) is 0 Å². The molecule has 0 fully saturated rings. The number of carbonyl (C=O) groups is 1. The first-order valence-corrected chi connectivity index (χ1v) is 12.0. The fraction of sp³-hybridized carbons (Fsp3) is 0.0500. The first-order chi connectivity index (χ1) is 15.7. The topological polar surface area (TPSA) is 122 Å². The number of benzene rings is 1. The third-order valence-corrected chi connectivity index (χ3v) is 7.63. The van der Waals surface area contributed by atoms with E-state index in [-0.39, 0.29) is 21.3 Å². The second-order valence-electron chi connectivity index (χ2n) is 6.72. The summed E-state index contributed by atoms with van der Waals surface area (Å²) in [5, 5.41) is 5.80. The molecule has 0 aliphatic carbocycles. The number of halogens is 1. The van der Waals surface area contributed by atoms with Crippen LogP contribution < -0.4 is 20.9 Å². The second-order valence-corrected chi connectivity index (χ2v) is 10.1. The van der Waals surface area contributed by atoms with Gasteiger partial charge in [-0.25, -0.2) is 22.9 Å². The number of fused-ring (bicyclic) bond motifs is 1. The number of thiol groups is 1. The predicted molar refractivity (Wildman–Crippen MR) is 128 cm³/mol. The number of aromatic nitrogens is 2. The van der Waals surface area contributed by atoms with Crippen molar-refractivity contribution >= 4 is 62.2 Å². The fourth-order valence-electron chi connectivity index (χ4n) is 3.02. The van der Waals surface area contributed by atoms with Gasteiger partial charge in [-0.2, -0.15) is 4.39 Å². The maximum absolute atomic E-state index is 13.1. The van der Waals surface area contributed by atoms with E-state index in [9.17, 15) is 22.4 Å². The number of hydrogen-bond acceptors (Lipinski definition) is 8. The van der Waals surface area contributed by atoms with E-state index in [1.165, 1.54) is 22.9 Å². The Balaban J connectivity index is 1.55. The lowest BCUT2D eigenvalue weighted by atomic mass is 10.1. The highest BCUT2D eigenvalue weighted by atomic mass is 32.2. The van der Waals surface area contributed by atoms with Crippen molar-refractivity contribution in [3.05, 3.63) is 70.3 Å². The zero-order valence-electron chi connectivity index (χ0n) is 16.9. The number of carbonyl (C=O) groups excluding carboxylic acids is 1. The molecular formula is C20H16FN5O4S3. The van der Waals surface area contributed by atoms with Gasteiger partial charge in [-0.1, -0.05) is 11.3 Å². The van der Waals surface area contributed by atoms with Crippen LogP contribution in [0.1, 0.15) is 0 Å². The Morgan fingerprint density at radius 3 is 2.52 bits per heavy atom. The van der Waals surface area contributed by atoms with Crippen LogP contribution in [0.3, 0.4) is 0 Å². The van der Waals surface area contributed by atoms with Gasteiger partial charge in [0.25, 0.3) is 15.6 Å². The summed E-state index contributed by atoms with van der Waals surface area (Å²) in [5.74, 6) is 0.280. The number of sulfonamides is 1. The normalized spacial score (nSPS) is 11.4. The SMILES string of the molecule is CNc1ccc2c(=O)n(-c3ccc(NC(=O)NS(=O)(=O)c4ccc(F)s4)cn3)cc(S)c2c1. The van der Waals surface area contributed by atoms with Crippen LogP contribution in [0.25, 0.3) is 16.6 Å². The fourth-order valence-corrected chi connectivity index (χ4v) is 5.23. The van der Waals surface area contributed by atoms with E-state index in [0.717, 1.165) is 17.8 Å². The number of hydrogen-bond donors (Lipinski definition) is 4. The summed E-state index contributed by atoms with van der Waals surface area (Å²) in [6, 6.07) is 9.24. The third-order valence-electron chi connectivity index (χ3n) is 4.58. The quantitative estimate of drug-likeness (QED) is 0.308. The zero-order valence-corrected chi connectivity index (χ0v) is 19.4. The average Bonchev–Trinajstić information content (AvgIpc) is 3.23. The van der Waals surface area contributed by atoms with E-state index in [1.54, 1.807) is 30.1 Å². The number of pyridine rings is 2. The van der Waals surface area contributed by atoms with E-state index in [1.807, 2.05) is 6.07 Å². The zero-order chi connectivity index (χ0) is 23.8. The predicted octanol–water partition coefficient (Wildman–Crippen LogP) is 3.43. The van der Waals surface area contributed by atoms with E-state index < -0.39 is 21.2 Å². The standard InChI is InChI=1S/C20H16FN5O4S3/c1-22-11-2-4-13-14(8-11)15(31)10-26(19(13)27)17-6-3-12(9-23-17)24-20(28)25-33(29,30)18-7-5-16(21)32-18/h2-10,22,31H,1H3,(H2,24,25,28). The average molecular weight is 506 g/mol. The van der Waals surface area contributed by atoms with Gasteiger partial charge < -0.3 is 10.6 Å². The van der Waals surface area contributed by atoms with Crippen LogP contribution in [-0.2, 0) is 10.0 Å². The summed E-state index contributed by atoms with van der Waals surface area (Å²) in [6.45, 7) is 0. The maximum Gasteiger partial charge on any atom is 0.333 e. The van der Waals surface area contributed by atoms with Gasteiger partial charge in [0.1, 0.15) is 10.0 Å². The van der Waals surface area contributed by atoms with Gasteiger partial charge in [-0.05, 0) is 42.5 Å². The molecule has 0 spiro atoms. The Morgan fingerprint density at radius 2 is 1.88 bits per heavy atom. The van der Waals surface area contributed by atoms with Crippen molar-refractivity contribution in [3.63, 3.8) is 0 Å². The molecule has 0 radical (unpaired) electrons. The summed E-state index contributed by atoms with van der Waals surface area (Å²) in [5.41, 5.74) is 0.723. The summed E-state index contributed by atoms with van der Waals surface area (Å²) >= 11 is 4.88. The highest BCUT2D eigenvalue weighted by molar-refractivity contribution is 7.92. The van der Waals surface area contributed by atoms with Crippen molar-refractivity contribution in [2.75, 3.05) is 17.7 Å². The molecule has 3 aromatic heterocycles. The third kappa shape index (κ3) is 4.69. The molecule has 4 rings (SSSR count).